The van der Waals surface area contributed by atoms with E-state index in [4.69, 9.17) is 16.3 Å². The maximum atomic E-state index is 14.5. The van der Waals surface area contributed by atoms with E-state index in [1.165, 1.54) is 36.3 Å². The molecule has 1 N–H and O–H groups in total. The molecule has 0 spiro atoms. The SMILES string of the molecule is COc1ccc(C2(C)C(=O)N(c3cccc(C(=O)O)c3)c3ccc(Cl)cc32)cc1F. The van der Waals surface area contributed by atoms with Gasteiger partial charge in [-0.05, 0) is 66.6 Å². The molecule has 3 aromatic rings. The van der Waals surface area contributed by atoms with Crippen molar-refractivity contribution in [1.82, 2.24) is 0 Å². The number of rotatable bonds is 4. The summed E-state index contributed by atoms with van der Waals surface area (Å²) in [6.07, 6.45) is 0. The molecule has 152 valence electrons. The van der Waals surface area contributed by atoms with Crippen molar-refractivity contribution >= 4 is 34.9 Å². The molecule has 1 aliphatic heterocycles. The van der Waals surface area contributed by atoms with Gasteiger partial charge in [0.25, 0.3) is 0 Å². The van der Waals surface area contributed by atoms with Crippen LogP contribution in [0.25, 0.3) is 0 Å². The van der Waals surface area contributed by atoms with E-state index in [1.54, 1.807) is 43.3 Å². The molecule has 1 unspecified atom stereocenters. The lowest BCUT2D eigenvalue weighted by Crippen LogP contribution is -2.37. The Morgan fingerprint density at radius 3 is 2.57 bits per heavy atom. The van der Waals surface area contributed by atoms with E-state index in [0.29, 0.717) is 27.5 Å². The molecule has 0 aliphatic carbocycles. The third-order valence-electron chi connectivity index (χ3n) is 5.45. The second-order valence-corrected chi connectivity index (χ2v) is 7.57. The van der Waals surface area contributed by atoms with Gasteiger partial charge < -0.3 is 9.84 Å². The van der Waals surface area contributed by atoms with Gasteiger partial charge in [0.05, 0.1) is 23.8 Å². The number of carbonyl (C=O) groups is 2. The van der Waals surface area contributed by atoms with E-state index in [0.717, 1.165) is 0 Å². The summed E-state index contributed by atoms with van der Waals surface area (Å²) in [4.78, 5) is 26.6. The van der Waals surface area contributed by atoms with Crippen molar-refractivity contribution in [3.05, 3.63) is 88.2 Å². The minimum absolute atomic E-state index is 0.0555. The van der Waals surface area contributed by atoms with Gasteiger partial charge in [-0.3, -0.25) is 9.69 Å². The van der Waals surface area contributed by atoms with Gasteiger partial charge in [0.15, 0.2) is 11.6 Å². The minimum Gasteiger partial charge on any atom is -0.494 e. The number of carboxylic acids is 1. The van der Waals surface area contributed by atoms with E-state index in [-0.39, 0.29) is 17.2 Å². The van der Waals surface area contributed by atoms with Gasteiger partial charge in [0, 0.05) is 10.7 Å². The lowest BCUT2D eigenvalue weighted by Gasteiger charge is -2.25. The van der Waals surface area contributed by atoms with Gasteiger partial charge >= 0.3 is 5.97 Å². The number of fused-ring (bicyclic) bond motifs is 1. The van der Waals surface area contributed by atoms with Crippen molar-refractivity contribution in [2.24, 2.45) is 0 Å². The first-order chi connectivity index (χ1) is 14.3. The third kappa shape index (κ3) is 2.92. The maximum absolute atomic E-state index is 14.5. The summed E-state index contributed by atoms with van der Waals surface area (Å²) in [6, 6.07) is 15.5. The van der Waals surface area contributed by atoms with Gasteiger partial charge in [-0.15, -0.1) is 0 Å². The summed E-state index contributed by atoms with van der Waals surface area (Å²) in [5, 5.41) is 9.77. The molecule has 30 heavy (non-hydrogen) atoms. The van der Waals surface area contributed by atoms with Crippen molar-refractivity contribution in [2.45, 2.75) is 12.3 Å². The average Bonchev–Trinajstić information content (AvgIpc) is 2.95. The third-order valence-corrected chi connectivity index (χ3v) is 5.68. The molecule has 0 radical (unpaired) electrons. The molecule has 1 amide bonds. The fraction of sp³-hybridized carbons (Fsp3) is 0.130. The molecule has 1 heterocycles. The van der Waals surface area contributed by atoms with Crippen LogP contribution in [0.1, 0.15) is 28.4 Å². The Kier molecular flexibility index (Phi) is 4.74. The number of methoxy groups -OCH3 is 1. The normalized spacial score (nSPS) is 17.7. The van der Waals surface area contributed by atoms with E-state index >= 15 is 0 Å². The molecule has 5 nitrogen and oxygen atoms in total. The summed E-state index contributed by atoms with van der Waals surface area (Å²) in [7, 11) is 1.37. The molecule has 4 rings (SSSR count). The topological polar surface area (TPSA) is 66.8 Å². The molecule has 1 atom stereocenters. The maximum Gasteiger partial charge on any atom is 0.335 e. The summed E-state index contributed by atoms with van der Waals surface area (Å²) in [5.74, 6) is -1.95. The lowest BCUT2D eigenvalue weighted by atomic mass is 9.77. The van der Waals surface area contributed by atoms with Crippen LogP contribution in [0.5, 0.6) is 5.75 Å². The molecule has 7 heteroatoms. The highest BCUT2D eigenvalue weighted by Gasteiger charge is 2.49. The molecular formula is C23H17ClFNO4. The molecule has 3 aromatic carbocycles. The zero-order valence-corrected chi connectivity index (χ0v) is 16.9. The standard InChI is InChI=1S/C23H17ClFNO4/c1-23(14-6-9-20(30-2)18(25)11-14)17-12-15(24)7-8-19(17)26(22(23)29)16-5-3-4-13(10-16)21(27)28/h3-12H,1-2H3,(H,27,28). The Balaban J connectivity index is 1.94. The van der Waals surface area contributed by atoms with Gasteiger partial charge in [-0.1, -0.05) is 23.7 Å². The highest BCUT2D eigenvalue weighted by atomic mass is 35.5. The number of carboxylic acid groups (broad SMARTS) is 1. The number of amides is 1. The number of anilines is 2. The van der Waals surface area contributed by atoms with Crippen LogP contribution in [-0.4, -0.2) is 24.1 Å². The summed E-state index contributed by atoms with van der Waals surface area (Å²) < 4.78 is 19.5. The lowest BCUT2D eigenvalue weighted by molar-refractivity contribution is -0.120. The number of benzene rings is 3. The average molecular weight is 426 g/mol. The second kappa shape index (κ2) is 7.15. The monoisotopic (exact) mass is 425 g/mol. The molecule has 0 fully saturated rings. The zero-order valence-electron chi connectivity index (χ0n) is 16.1. The fourth-order valence-corrected chi connectivity index (χ4v) is 4.01. The number of nitrogens with zero attached hydrogens (tertiary/aromatic N) is 1. The zero-order chi connectivity index (χ0) is 21.6. The van der Waals surface area contributed by atoms with Gasteiger partial charge in [-0.2, -0.15) is 0 Å². The van der Waals surface area contributed by atoms with Crippen molar-refractivity contribution < 1.29 is 23.8 Å². The number of aromatic carboxylic acids is 1. The first-order valence-electron chi connectivity index (χ1n) is 9.09. The number of hydrogen-bond donors (Lipinski definition) is 1. The van der Waals surface area contributed by atoms with Crippen LogP contribution in [0.2, 0.25) is 5.02 Å². The fourth-order valence-electron chi connectivity index (χ4n) is 3.84. The molecular weight excluding hydrogens is 409 g/mol. The van der Waals surface area contributed by atoms with Gasteiger partial charge in [0.2, 0.25) is 5.91 Å². The van der Waals surface area contributed by atoms with Gasteiger partial charge in [-0.25, -0.2) is 9.18 Å². The second-order valence-electron chi connectivity index (χ2n) is 7.13. The highest BCUT2D eigenvalue weighted by Crippen LogP contribution is 2.50. The highest BCUT2D eigenvalue weighted by molar-refractivity contribution is 6.31. The molecule has 1 aliphatic rings. The predicted molar refractivity (Wildman–Crippen MR) is 111 cm³/mol. The Morgan fingerprint density at radius 1 is 1.13 bits per heavy atom. The van der Waals surface area contributed by atoms with E-state index in [9.17, 15) is 19.1 Å². The van der Waals surface area contributed by atoms with Crippen molar-refractivity contribution in [3.63, 3.8) is 0 Å². The van der Waals surface area contributed by atoms with Crippen LogP contribution >= 0.6 is 11.6 Å². The van der Waals surface area contributed by atoms with Crippen LogP contribution in [0, 0.1) is 5.82 Å². The largest absolute Gasteiger partial charge is 0.494 e. The number of hydrogen-bond acceptors (Lipinski definition) is 3. The van der Waals surface area contributed by atoms with Crippen LogP contribution < -0.4 is 9.64 Å². The van der Waals surface area contributed by atoms with Crippen molar-refractivity contribution in [2.75, 3.05) is 12.0 Å². The van der Waals surface area contributed by atoms with Gasteiger partial charge in [0.1, 0.15) is 0 Å². The summed E-state index contributed by atoms with van der Waals surface area (Å²) >= 11 is 6.22. The van der Waals surface area contributed by atoms with Crippen molar-refractivity contribution in [3.8, 4) is 5.75 Å². The Morgan fingerprint density at radius 2 is 1.90 bits per heavy atom. The Bertz CT molecular complexity index is 1200. The minimum atomic E-state index is -1.23. The van der Waals surface area contributed by atoms with Crippen LogP contribution in [-0.2, 0) is 10.2 Å². The van der Waals surface area contributed by atoms with Crippen LogP contribution in [0.3, 0.4) is 0 Å². The number of ether oxygens (including phenoxy) is 1. The number of halogens is 2. The summed E-state index contributed by atoms with van der Waals surface area (Å²) in [6.45, 7) is 1.70. The van der Waals surface area contributed by atoms with E-state index in [2.05, 4.69) is 0 Å². The molecule has 0 saturated carbocycles. The molecule has 0 bridgehead atoms. The van der Waals surface area contributed by atoms with Crippen LogP contribution in [0.4, 0.5) is 15.8 Å². The Labute approximate surface area is 177 Å². The Hall–Kier alpha value is -3.38. The van der Waals surface area contributed by atoms with E-state index in [1.807, 2.05) is 0 Å². The van der Waals surface area contributed by atoms with Crippen LogP contribution in [0.15, 0.2) is 60.7 Å². The number of carbonyl (C=O) groups excluding carboxylic acids is 1. The summed E-state index contributed by atoms with van der Waals surface area (Å²) in [5.41, 5.74) is 0.829. The van der Waals surface area contributed by atoms with Crippen molar-refractivity contribution in [1.29, 1.82) is 0 Å². The first kappa shape index (κ1) is 19.9. The predicted octanol–water partition coefficient (Wildman–Crippen LogP) is 5.17. The smallest absolute Gasteiger partial charge is 0.335 e. The molecule has 0 aromatic heterocycles. The molecule has 0 saturated heterocycles. The first-order valence-corrected chi connectivity index (χ1v) is 9.47. The van der Waals surface area contributed by atoms with E-state index < -0.39 is 17.2 Å². The quantitative estimate of drug-likeness (QED) is 0.626.